The Bertz CT molecular complexity index is 886. The fourth-order valence-corrected chi connectivity index (χ4v) is 3.25. The quantitative estimate of drug-likeness (QED) is 0.583. The number of hydrogen-bond donors (Lipinski definition) is 3. The van der Waals surface area contributed by atoms with E-state index in [4.69, 9.17) is 24.5 Å². The molecule has 0 radical (unpaired) electrons. The number of piperidine rings is 1. The van der Waals surface area contributed by atoms with Crippen molar-refractivity contribution in [3.63, 3.8) is 0 Å². The van der Waals surface area contributed by atoms with Gasteiger partial charge in [-0.3, -0.25) is 9.69 Å². The van der Waals surface area contributed by atoms with E-state index >= 15 is 0 Å². The number of hydrogen-bond acceptors (Lipinski definition) is 6. The lowest BCUT2D eigenvalue weighted by atomic mass is 10.0. The maximum Gasteiger partial charge on any atom is 0.414 e. The summed E-state index contributed by atoms with van der Waals surface area (Å²) in [6.07, 6.45) is 2.22. The van der Waals surface area contributed by atoms with Crippen LogP contribution in [-0.4, -0.2) is 77.6 Å². The first-order chi connectivity index (χ1) is 15.2. The van der Waals surface area contributed by atoms with Crippen LogP contribution in [0.3, 0.4) is 0 Å². The molecule has 32 heavy (non-hydrogen) atoms. The molecule has 3 rings (SSSR count). The first kappa shape index (κ1) is 24.8. The van der Waals surface area contributed by atoms with Crippen LogP contribution in [0.25, 0.3) is 0 Å². The van der Waals surface area contributed by atoms with E-state index in [9.17, 15) is 4.79 Å². The molecule has 9 heteroatoms. The molecule has 0 aliphatic carbocycles. The Hall–Kier alpha value is -3.43. The van der Waals surface area contributed by atoms with Crippen LogP contribution in [0.2, 0.25) is 0 Å². The Morgan fingerprint density at radius 1 is 1.00 bits per heavy atom. The van der Waals surface area contributed by atoms with Crippen LogP contribution in [0.5, 0.6) is 11.5 Å². The predicted octanol–water partition coefficient (Wildman–Crippen LogP) is 2.60. The van der Waals surface area contributed by atoms with E-state index in [1.165, 1.54) is 0 Å². The molecule has 0 atom stereocenters. The van der Waals surface area contributed by atoms with Crippen LogP contribution < -0.4 is 10.1 Å². The molecule has 9 nitrogen and oxygen atoms in total. The number of carboxylic acid groups (broad SMARTS) is 2. The minimum atomic E-state index is -1.82. The third kappa shape index (κ3) is 8.75. The predicted molar refractivity (Wildman–Crippen MR) is 120 cm³/mol. The Labute approximate surface area is 187 Å². The summed E-state index contributed by atoms with van der Waals surface area (Å²) in [5, 5.41) is 17.8. The van der Waals surface area contributed by atoms with Crippen LogP contribution in [0.15, 0.2) is 54.6 Å². The molecule has 0 saturated carbocycles. The Morgan fingerprint density at radius 3 is 2.19 bits per heavy atom. The molecular formula is C23H29N3O6. The standard InChI is InChI=1S/C21H27N3O2.C2H2O4/c1-23-13-11-18(12-14-23)24(2)16-21(25)22-17-7-6-10-20(15-17)26-19-8-4-3-5-9-19;3-1(4)2(5)6/h3-10,15,18H,11-14,16H2,1-2H3,(H,22,25);(H,3,4)(H,5,6). The molecule has 1 fully saturated rings. The van der Waals surface area contributed by atoms with Gasteiger partial charge >= 0.3 is 11.9 Å². The average molecular weight is 444 g/mol. The lowest BCUT2D eigenvalue weighted by Crippen LogP contribution is -2.44. The van der Waals surface area contributed by atoms with E-state index in [0.717, 1.165) is 37.4 Å². The van der Waals surface area contributed by atoms with Gasteiger partial charge in [0.1, 0.15) is 11.5 Å². The summed E-state index contributed by atoms with van der Waals surface area (Å²) in [6.45, 7) is 2.59. The van der Waals surface area contributed by atoms with E-state index < -0.39 is 11.9 Å². The number of nitrogens with one attached hydrogen (secondary N) is 1. The van der Waals surface area contributed by atoms with Gasteiger partial charge in [-0.2, -0.15) is 0 Å². The summed E-state index contributed by atoms with van der Waals surface area (Å²) in [7, 11) is 4.18. The van der Waals surface area contributed by atoms with Crippen LogP contribution in [0.4, 0.5) is 5.69 Å². The number of carbonyl (C=O) groups is 3. The van der Waals surface area contributed by atoms with Crippen molar-refractivity contribution in [3.05, 3.63) is 54.6 Å². The maximum absolute atomic E-state index is 12.4. The van der Waals surface area contributed by atoms with E-state index in [0.29, 0.717) is 18.3 Å². The summed E-state index contributed by atoms with van der Waals surface area (Å²) in [6, 6.07) is 17.6. The zero-order chi connectivity index (χ0) is 23.5. The number of para-hydroxylation sites is 1. The van der Waals surface area contributed by atoms with E-state index in [-0.39, 0.29) is 5.91 Å². The van der Waals surface area contributed by atoms with Crippen LogP contribution in [0, 0.1) is 0 Å². The van der Waals surface area contributed by atoms with Crippen molar-refractivity contribution in [1.82, 2.24) is 9.80 Å². The van der Waals surface area contributed by atoms with E-state index in [1.807, 2.05) is 61.6 Å². The second kappa shape index (κ2) is 12.4. The molecule has 1 aliphatic rings. The van der Waals surface area contributed by atoms with Crippen LogP contribution >= 0.6 is 0 Å². The third-order valence-corrected chi connectivity index (χ3v) is 4.98. The largest absolute Gasteiger partial charge is 0.473 e. The Kier molecular flexibility index (Phi) is 9.65. The smallest absolute Gasteiger partial charge is 0.414 e. The lowest BCUT2D eigenvalue weighted by Gasteiger charge is -2.34. The molecule has 0 aromatic heterocycles. The zero-order valence-corrected chi connectivity index (χ0v) is 18.2. The number of carboxylic acids is 2. The van der Waals surface area contributed by atoms with Crippen molar-refractivity contribution in [2.24, 2.45) is 0 Å². The number of aliphatic carboxylic acids is 2. The average Bonchev–Trinajstić information content (AvgIpc) is 2.75. The molecule has 2 aromatic carbocycles. The highest BCUT2D eigenvalue weighted by atomic mass is 16.5. The molecule has 0 unspecified atom stereocenters. The van der Waals surface area contributed by atoms with Gasteiger partial charge in [-0.25, -0.2) is 9.59 Å². The van der Waals surface area contributed by atoms with Gasteiger partial charge in [0.2, 0.25) is 5.91 Å². The topological polar surface area (TPSA) is 119 Å². The summed E-state index contributed by atoms with van der Waals surface area (Å²) < 4.78 is 5.82. The zero-order valence-electron chi connectivity index (χ0n) is 18.2. The summed E-state index contributed by atoms with van der Waals surface area (Å²) >= 11 is 0. The van der Waals surface area contributed by atoms with Crippen molar-refractivity contribution in [2.75, 3.05) is 39.0 Å². The molecule has 2 aromatic rings. The summed E-state index contributed by atoms with van der Waals surface area (Å²) in [5.74, 6) is -2.16. The summed E-state index contributed by atoms with van der Waals surface area (Å²) in [5.41, 5.74) is 0.750. The molecular weight excluding hydrogens is 414 g/mol. The molecule has 1 amide bonds. The highest BCUT2D eigenvalue weighted by Gasteiger charge is 2.22. The number of ether oxygens (including phenoxy) is 1. The van der Waals surface area contributed by atoms with E-state index in [2.05, 4.69) is 22.2 Å². The van der Waals surface area contributed by atoms with Crippen molar-refractivity contribution >= 4 is 23.5 Å². The van der Waals surface area contributed by atoms with Crippen molar-refractivity contribution < 1.29 is 29.3 Å². The van der Waals surface area contributed by atoms with Gasteiger partial charge in [0, 0.05) is 17.8 Å². The molecule has 1 heterocycles. The summed E-state index contributed by atoms with van der Waals surface area (Å²) in [4.78, 5) is 35.1. The minimum Gasteiger partial charge on any atom is -0.473 e. The van der Waals surface area contributed by atoms with Gasteiger partial charge in [0.05, 0.1) is 6.54 Å². The maximum atomic E-state index is 12.4. The van der Waals surface area contributed by atoms with Gasteiger partial charge in [0.15, 0.2) is 0 Å². The van der Waals surface area contributed by atoms with Crippen molar-refractivity contribution in [2.45, 2.75) is 18.9 Å². The highest BCUT2D eigenvalue weighted by molar-refractivity contribution is 6.27. The van der Waals surface area contributed by atoms with Crippen LogP contribution in [0.1, 0.15) is 12.8 Å². The van der Waals surface area contributed by atoms with Gasteiger partial charge in [-0.05, 0) is 64.3 Å². The number of rotatable bonds is 6. The van der Waals surface area contributed by atoms with Crippen molar-refractivity contribution in [1.29, 1.82) is 0 Å². The van der Waals surface area contributed by atoms with Gasteiger partial charge in [-0.1, -0.05) is 24.3 Å². The molecule has 1 aliphatic heterocycles. The number of likely N-dealkylation sites (tertiary alicyclic amines) is 1. The number of anilines is 1. The number of likely N-dealkylation sites (N-methyl/N-ethyl adjacent to an activating group) is 1. The number of carbonyl (C=O) groups excluding carboxylic acids is 1. The SMILES string of the molecule is CN1CCC(N(C)CC(=O)Nc2cccc(Oc3ccccc3)c2)CC1.O=C(O)C(=O)O. The van der Waals surface area contributed by atoms with Gasteiger partial charge in [0.25, 0.3) is 0 Å². The number of nitrogens with zero attached hydrogens (tertiary/aromatic N) is 2. The molecule has 0 bridgehead atoms. The third-order valence-electron chi connectivity index (χ3n) is 4.98. The first-order valence-corrected chi connectivity index (χ1v) is 10.2. The van der Waals surface area contributed by atoms with E-state index in [1.54, 1.807) is 0 Å². The molecule has 172 valence electrons. The van der Waals surface area contributed by atoms with Gasteiger partial charge in [-0.15, -0.1) is 0 Å². The molecule has 3 N–H and O–H groups in total. The number of amides is 1. The Balaban J connectivity index is 0.000000534. The molecule has 0 spiro atoms. The Morgan fingerprint density at radius 2 is 1.59 bits per heavy atom. The number of benzene rings is 2. The highest BCUT2D eigenvalue weighted by Crippen LogP contribution is 2.24. The lowest BCUT2D eigenvalue weighted by molar-refractivity contribution is -0.159. The second-order valence-corrected chi connectivity index (χ2v) is 7.55. The van der Waals surface area contributed by atoms with Gasteiger partial charge < -0.3 is 25.2 Å². The monoisotopic (exact) mass is 443 g/mol. The normalized spacial score (nSPS) is 14.2. The fourth-order valence-electron chi connectivity index (χ4n) is 3.25. The van der Waals surface area contributed by atoms with Crippen molar-refractivity contribution in [3.8, 4) is 11.5 Å². The second-order valence-electron chi connectivity index (χ2n) is 7.55. The molecule has 1 saturated heterocycles. The minimum absolute atomic E-state index is 0.00305. The van der Waals surface area contributed by atoms with Crippen LogP contribution in [-0.2, 0) is 14.4 Å². The fraction of sp³-hybridized carbons (Fsp3) is 0.348. The first-order valence-electron chi connectivity index (χ1n) is 10.2.